The minimum Gasteiger partial charge on any atom is -0.444 e. The van der Waals surface area contributed by atoms with Crippen LogP contribution in [0.1, 0.15) is 33.6 Å². The van der Waals surface area contributed by atoms with Crippen LogP contribution < -0.4 is 5.32 Å². The van der Waals surface area contributed by atoms with E-state index in [0.717, 1.165) is 0 Å². The maximum atomic E-state index is 11.5. The lowest BCUT2D eigenvalue weighted by atomic mass is 10.1. The van der Waals surface area contributed by atoms with Crippen LogP contribution in [0.2, 0.25) is 0 Å². The van der Waals surface area contributed by atoms with E-state index in [1.54, 1.807) is 11.9 Å². The predicted octanol–water partition coefficient (Wildman–Crippen LogP) is 1.13. The Hall–Kier alpha value is -1.26. The zero-order valence-electron chi connectivity index (χ0n) is 10.4. The molecule has 0 aromatic heterocycles. The zero-order valence-corrected chi connectivity index (χ0v) is 10.4. The van der Waals surface area contributed by atoms with Crippen LogP contribution in [0, 0.1) is 0 Å². The molecular formula is C11H20N2O3. The molecule has 1 aliphatic heterocycles. The standard InChI is InChI=1S/C11H20N2O3/c1-11(2,3)16-10(15)12-8-5-6-9(14)13(4)7-8/h8H,5-7H2,1-4H3,(H,12,15)/t8-/m0/s1. The molecule has 0 radical (unpaired) electrons. The Bertz CT molecular complexity index is 283. The van der Waals surface area contributed by atoms with Crippen molar-refractivity contribution in [2.24, 2.45) is 0 Å². The highest BCUT2D eigenvalue weighted by Crippen LogP contribution is 2.11. The summed E-state index contributed by atoms with van der Waals surface area (Å²) >= 11 is 0. The number of likely N-dealkylation sites (tertiary alicyclic amines) is 1. The first-order valence-electron chi connectivity index (χ1n) is 5.51. The van der Waals surface area contributed by atoms with Gasteiger partial charge in [-0.25, -0.2) is 4.79 Å². The predicted molar refractivity (Wildman–Crippen MR) is 60.0 cm³/mol. The lowest BCUT2D eigenvalue weighted by molar-refractivity contribution is -0.132. The first-order chi connectivity index (χ1) is 7.28. The molecule has 0 unspecified atom stereocenters. The molecule has 1 atom stereocenters. The van der Waals surface area contributed by atoms with Crippen molar-refractivity contribution in [3.8, 4) is 0 Å². The second-order valence-electron chi connectivity index (χ2n) is 5.16. The number of hydrogen-bond donors (Lipinski definition) is 1. The number of carbonyl (C=O) groups excluding carboxylic acids is 2. The summed E-state index contributed by atoms with van der Waals surface area (Å²) in [5.41, 5.74) is -0.486. The van der Waals surface area contributed by atoms with Gasteiger partial charge < -0.3 is 15.0 Å². The summed E-state index contributed by atoms with van der Waals surface area (Å²) in [5, 5.41) is 2.77. The zero-order chi connectivity index (χ0) is 12.3. The molecule has 5 heteroatoms. The van der Waals surface area contributed by atoms with Crippen molar-refractivity contribution in [3.05, 3.63) is 0 Å². The fraction of sp³-hybridized carbons (Fsp3) is 0.818. The van der Waals surface area contributed by atoms with Gasteiger partial charge in [0.05, 0.1) is 6.04 Å². The summed E-state index contributed by atoms with van der Waals surface area (Å²) < 4.78 is 5.15. The Labute approximate surface area is 96.1 Å². The first kappa shape index (κ1) is 12.8. The molecule has 0 spiro atoms. The average Bonchev–Trinajstić information content (AvgIpc) is 2.08. The number of likely N-dealkylation sites (N-methyl/N-ethyl adjacent to an activating group) is 1. The van der Waals surface area contributed by atoms with E-state index in [0.29, 0.717) is 19.4 Å². The largest absolute Gasteiger partial charge is 0.444 e. The molecule has 16 heavy (non-hydrogen) atoms. The third-order valence-corrected chi connectivity index (χ3v) is 2.35. The summed E-state index contributed by atoms with van der Waals surface area (Å²) in [5.74, 6) is 0.127. The molecule has 1 heterocycles. The Morgan fingerprint density at radius 2 is 2.12 bits per heavy atom. The number of amides is 2. The molecule has 1 saturated heterocycles. The number of ether oxygens (including phenoxy) is 1. The quantitative estimate of drug-likeness (QED) is 0.732. The van der Waals surface area contributed by atoms with E-state index < -0.39 is 11.7 Å². The summed E-state index contributed by atoms with van der Waals surface area (Å²) in [6.07, 6.45) is 0.750. The molecule has 2 amide bonds. The molecule has 0 aromatic rings. The van der Waals surface area contributed by atoms with E-state index in [2.05, 4.69) is 5.32 Å². The molecule has 1 fully saturated rings. The van der Waals surface area contributed by atoms with Gasteiger partial charge >= 0.3 is 6.09 Å². The van der Waals surface area contributed by atoms with Gasteiger partial charge in [-0.05, 0) is 27.2 Å². The number of alkyl carbamates (subject to hydrolysis) is 1. The maximum Gasteiger partial charge on any atom is 0.407 e. The van der Waals surface area contributed by atoms with Gasteiger partial charge in [-0.3, -0.25) is 4.79 Å². The second kappa shape index (κ2) is 4.72. The second-order valence-corrected chi connectivity index (χ2v) is 5.16. The smallest absolute Gasteiger partial charge is 0.407 e. The van der Waals surface area contributed by atoms with Crippen molar-refractivity contribution < 1.29 is 14.3 Å². The number of nitrogens with one attached hydrogen (secondary N) is 1. The van der Waals surface area contributed by atoms with Crippen molar-refractivity contribution in [2.75, 3.05) is 13.6 Å². The van der Waals surface area contributed by atoms with Crippen molar-refractivity contribution >= 4 is 12.0 Å². The molecule has 1 aliphatic rings. The molecule has 1 N–H and O–H groups in total. The fourth-order valence-corrected chi connectivity index (χ4v) is 1.60. The highest BCUT2D eigenvalue weighted by molar-refractivity contribution is 5.77. The number of rotatable bonds is 1. The van der Waals surface area contributed by atoms with Crippen LogP contribution >= 0.6 is 0 Å². The third-order valence-electron chi connectivity index (χ3n) is 2.35. The van der Waals surface area contributed by atoms with Gasteiger partial charge in [-0.1, -0.05) is 0 Å². The molecule has 0 aliphatic carbocycles. The Kier molecular flexibility index (Phi) is 3.78. The van der Waals surface area contributed by atoms with E-state index in [-0.39, 0.29) is 11.9 Å². The molecule has 0 aromatic carbocycles. The lowest BCUT2D eigenvalue weighted by Gasteiger charge is -2.30. The van der Waals surface area contributed by atoms with Gasteiger partial charge in [0.2, 0.25) is 5.91 Å². The highest BCUT2D eigenvalue weighted by atomic mass is 16.6. The SMILES string of the molecule is CN1C[C@@H](NC(=O)OC(C)(C)C)CCC1=O. The molecule has 1 rings (SSSR count). The van der Waals surface area contributed by atoms with Gasteiger partial charge in [0.1, 0.15) is 5.60 Å². The van der Waals surface area contributed by atoms with Crippen molar-refractivity contribution in [3.63, 3.8) is 0 Å². The molecule has 0 bridgehead atoms. The van der Waals surface area contributed by atoms with Crippen LogP contribution in [0.25, 0.3) is 0 Å². The van der Waals surface area contributed by atoms with Crippen LogP contribution in [0.15, 0.2) is 0 Å². The van der Waals surface area contributed by atoms with Crippen molar-refractivity contribution in [1.29, 1.82) is 0 Å². The summed E-state index contributed by atoms with van der Waals surface area (Å²) in [7, 11) is 1.74. The van der Waals surface area contributed by atoms with Gasteiger partial charge in [0.25, 0.3) is 0 Å². The third kappa shape index (κ3) is 4.08. The molecule has 5 nitrogen and oxygen atoms in total. The van der Waals surface area contributed by atoms with Crippen LogP contribution in [0.3, 0.4) is 0 Å². The maximum absolute atomic E-state index is 11.5. The van der Waals surface area contributed by atoms with Gasteiger partial charge in [-0.15, -0.1) is 0 Å². The number of piperidine rings is 1. The summed E-state index contributed by atoms with van der Waals surface area (Å²) in [4.78, 5) is 24.3. The Balaban J connectivity index is 2.38. The lowest BCUT2D eigenvalue weighted by Crippen LogP contribution is -2.49. The van der Waals surface area contributed by atoms with Crippen LogP contribution in [-0.2, 0) is 9.53 Å². The monoisotopic (exact) mass is 228 g/mol. The van der Waals surface area contributed by atoms with Gasteiger partial charge in [0, 0.05) is 20.0 Å². The average molecular weight is 228 g/mol. The van der Waals surface area contributed by atoms with E-state index in [4.69, 9.17) is 4.74 Å². The number of carbonyl (C=O) groups is 2. The summed E-state index contributed by atoms with van der Waals surface area (Å²) in [6, 6.07) is -0.00227. The molecule has 0 saturated carbocycles. The van der Waals surface area contributed by atoms with Crippen molar-refractivity contribution in [2.45, 2.75) is 45.3 Å². The van der Waals surface area contributed by atoms with Gasteiger partial charge in [-0.2, -0.15) is 0 Å². The number of nitrogens with zero attached hydrogens (tertiary/aromatic N) is 1. The van der Waals surface area contributed by atoms with E-state index in [1.807, 2.05) is 20.8 Å². The normalized spacial score (nSPS) is 21.9. The number of hydrogen-bond acceptors (Lipinski definition) is 3. The Morgan fingerprint density at radius 1 is 1.50 bits per heavy atom. The topological polar surface area (TPSA) is 58.6 Å². The van der Waals surface area contributed by atoms with E-state index in [1.165, 1.54) is 0 Å². The summed E-state index contributed by atoms with van der Waals surface area (Å²) in [6.45, 7) is 6.02. The Morgan fingerprint density at radius 3 is 2.62 bits per heavy atom. The van der Waals surface area contributed by atoms with Crippen LogP contribution in [0.5, 0.6) is 0 Å². The highest BCUT2D eigenvalue weighted by Gasteiger charge is 2.25. The van der Waals surface area contributed by atoms with E-state index in [9.17, 15) is 9.59 Å². The van der Waals surface area contributed by atoms with Gasteiger partial charge in [0.15, 0.2) is 0 Å². The first-order valence-corrected chi connectivity index (χ1v) is 5.51. The fourth-order valence-electron chi connectivity index (χ4n) is 1.60. The minimum atomic E-state index is -0.486. The molecular weight excluding hydrogens is 208 g/mol. The molecule has 92 valence electrons. The van der Waals surface area contributed by atoms with Crippen molar-refractivity contribution in [1.82, 2.24) is 10.2 Å². The van der Waals surface area contributed by atoms with Crippen LogP contribution in [0.4, 0.5) is 4.79 Å². The van der Waals surface area contributed by atoms with Crippen LogP contribution in [-0.4, -0.2) is 42.1 Å². The van der Waals surface area contributed by atoms with E-state index >= 15 is 0 Å². The minimum absolute atomic E-state index is 0.00227.